The third-order valence-electron chi connectivity index (χ3n) is 2.55. The molecule has 0 spiro atoms. The Hall–Kier alpha value is -2.37. The van der Waals surface area contributed by atoms with Gasteiger partial charge >= 0.3 is 0 Å². The minimum absolute atomic E-state index is 0.134. The maximum Gasteiger partial charge on any atom is 0.253 e. The zero-order valence-corrected chi connectivity index (χ0v) is 10.3. The summed E-state index contributed by atoms with van der Waals surface area (Å²) in [5.41, 5.74) is 2.25. The molecule has 0 saturated heterocycles. The molecule has 6 heteroatoms. The quantitative estimate of drug-likeness (QED) is 0.835. The van der Waals surface area contributed by atoms with Crippen LogP contribution in [0.25, 0.3) is 0 Å². The van der Waals surface area contributed by atoms with E-state index in [-0.39, 0.29) is 5.91 Å². The molecule has 0 aromatic carbocycles. The van der Waals surface area contributed by atoms with Crippen LogP contribution in [0, 0.1) is 0 Å². The lowest BCUT2D eigenvalue weighted by molar-refractivity contribution is 0.0951. The van der Waals surface area contributed by atoms with Gasteiger partial charge in [-0.1, -0.05) is 0 Å². The summed E-state index contributed by atoms with van der Waals surface area (Å²) >= 11 is 0. The number of nitrogens with zero attached hydrogens (tertiary/aromatic N) is 3. The van der Waals surface area contributed by atoms with E-state index in [2.05, 4.69) is 20.7 Å². The van der Waals surface area contributed by atoms with Crippen molar-refractivity contribution in [1.29, 1.82) is 0 Å². The molecular weight excluding hydrogens is 230 g/mol. The summed E-state index contributed by atoms with van der Waals surface area (Å²) in [6, 6.07) is 1.68. The first-order valence-corrected chi connectivity index (χ1v) is 5.58. The molecule has 2 heterocycles. The number of amides is 1. The topological polar surface area (TPSA) is 71.8 Å². The van der Waals surface area contributed by atoms with Crippen LogP contribution < -0.4 is 10.6 Å². The van der Waals surface area contributed by atoms with Gasteiger partial charge in [0.2, 0.25) is 0 Å². The number of carbonyl (C=O) groups is 1. The van der Waals surface area contributed by atoms with Crippen LogP contribution in [0.2, 0.25) is 0 Å². The minimum atomic E-state index is -0.134. The lowest BCUT2D eigenvalue weighted by atomic mass is 10.2. The van der Waals surface area contributed by atoms with E-state index in [9.17, 15) is 4.79 Å². The highest BCUT2D eigenvalue weighted by Crippen LogP contribution is 2.12. The van der Waals surface area contributed by atoms with Crippen LogP contribution in [0.5, 0.6) is 0 Å². The average molecular weight is 245 g/mol. The van der Waals surface area contributed by atoms with E-state index >= 15 is 0 Å². The van der Waals surface area contributed by atoms with Crippen molar-refractivity contribution in [3.8, 4) is 0 Å². The third-order valence-corrected chi connectivity index (χ3v) is 2.55. The van der Waals surface area contributed by atoms with Crippen molar-refractivity contribution in [2.24, 2.45) is 7.05 Å². The molecule has 18 heavy (non-hydrogen) atoms. The second-order valence-corrected chi connectivity index (χ2v) is 3.88. The van der Waals surface area contributed by atoms with Gasteiger partial charge in [0.1, 0.15) is 0 Å². The van der Waals surface area contributed by atoms with Gasteiger partial charge in [0.05, 0.1) is 23.6 Å². The largest absolute Gasteiger partial charge is 0.386 e. The van der Waals surface area contributed by atoms with Gasteiger partial charge in [-0.25, -0.2) is 0 Å². The molecule has 0 radical (unpaired) electrons. The van der Waals surface area contributed by atoms with Gasteiger partial charge in [-0.05, 0) is 6.07 Å². The predicted octanol–water partition coefficient (Wildman–Crippen LogP) is 0.787. The van der Waals surface area contributed by atoms with Crippen molar-refractivity contribution in [1.82, 2.24) is 20.1 Å². The molecule has 2 aromatic rings. The first kappa shape index (κ1) is 12.1. The highest BCUT2D eigenvalue weighted by atomic mass is 16.1. The first-order chi connectivity index (χ1) is 8.70. The Labute approximate surface area is 105 Å². The smallest absolute Gasteiger partial charge is 0.253 e. The summed E-state index contributed by atoms with van der Waals surface area (Å²) in [5.74, 6) is -0.134. The average Bonchev–Trinajstić information content (AvgIpc) is 2.81. The van der Waals surface area contributed by atoms with E-state index in [1.54, 1.807) is 36.4 Å². The monoisotopic (exact) mass is 245 g/mol. The molecule has 0 aliphatic carbocycles. The molecule has 94 valence electrons. The van der Waals surface area contributed by atoms with Gasteiger partial charge in [-0.2, -0.15) is 5.10 Å². The van der Waals surface area contributed by atoms with Gasteiger partial charge in [0.25, 0.3) is 5.91 Å². The number of pyridine rings is 1. The number of aryl methyl sites for hydroxylation is 1. The Morgan fingerprint density at radius 3 is 2.94 bits per heavy atom. The normalized spacial score (nSPS) is 10.1. The Kier molecular flexibility index (Phi) is 3.57. The van der Waals surface area contributed by atoms with Crippen molar-refractivity contribution in [2.75, 3.05) is 12.4 Å². The molecular formula is C12H15N5O. The molecule has 0 atom stereocenters. The zero-order chi connectivity index (χ0) is 13.0. The molecule has 0 bridgehead atoms. The molecule has 0 unspecified atom stereocenters. The van der Waals surface area contributed by atoms with Crippen LogP contribution in [-0.2, 0) is 13.6 Å². The van der Waals surface area contributed by atoms with E-state index in [0.717, 1.165) is 5.56 Å². The number of aromatic nitrogens is 3. The standard InChI is InChI=1S/C12H15N5O/c1-13-11-7-14-4-3-10(11)12(18)15-5-9-6-16-17(2)8-9/h3-4,6-8,13H,5H2,1-2H3,(H,15,18). The molecule has 2 rings (SSSR count). The van der Waals surface area contributed by atoms with Crippen molar-refractivity contribution in [3.05, 3.63) is 42.0 Å². The van der Waals surface area contributed by atoms with Gasteiger partial charge in [-0.15, -0.1) is 0 Å². The molecule has 1 amide bonds. The Morgan fingerprint density at radius 1 is 1.44 bits per heavy atom. The SMILES string of the molecule is CNc1cnccc1C(=O)NCc1cnn(C)c1. The molecule has 0 fully saturated rings. The van der Waals surface area contributed by atoms with E-state index in [1.807, 2.05) is 13.2 Å². The first-order valence-electron chi connectivity index (χ1n) is 5.58. The number of carbonyl (C=O) groups excluding carboxylic acids is 1. The van der Waals surface area contributed by atoms with Crippen molar-refractivity contribution in [3.63, 3.8) is 0 Å². The van der Waals surface area contributed by atoms with Gasteiger partial charge in [0.15, 0.2) is 0 Å². The third kappa shape index (κ3) is 2.65. The zero-order valence-electron chi connectivity index (χ0n) is 10.3. The van der Waals surface area contributed by atoms with E-state index in [0.29, 0.717) is 17.8 Å². The highest BCUT2D eigenvalue weighted by Gasteiger charge is 2.10. The summed E-state index contributed by atoms with van der Waals surface area (Å²) in [6.45, 7) is 0.456. The Balaban J connectivity index is 2.03. The summed E-state index contributed by atoms with van der Waals surface area (Å²) in [7, 11) is 3.60. The minimum Gasteiger partial charge on any atom is -0.386 e. The number of anilines is 1. The lowest BCUT2D eigenvalue weighted by Crippen LogP contribution is -2.23. The van der Waals surface area contributed by atoms with Crippen molar-refractivity contribution in [2.45, 2.75) is 6.54 Å². The maximum absolute atomic E-state index is 12.0. The van der Waals surface area contributed by atoms with Crippen LogP contribution in [0.1, 0.15) is 15.9 Å². The fourth-order valence-electron chi connectivity index (χ4n) is 1.63. The predicted molar refractivity (Wildman–Crippen MR) is 68.2 cm³/mol. The molecule has 0 aliphatic heterocycles. The summed E-state index contributed by atoms with van der Waals surface area (Å²) < 4.78 is 1.70. The van der Waals surface area contributed by atoms with E-state index < -0.39 is 0 Å². The van der Waals surface area contributed by atoms with Crippen molar-refractivity contribution < 1.29 is 4.79 Å². The number of nitrogens with one attached hydrogen (secondary N) is 2. The highest BCUT2D eigenvalue weighted by molar-refractivity contribution is 5.99. The van der Waals surface area contributed by atoms with E-state index in [1.165, 1.54) is 0 Å². The van der Waals surface area contributed by atoms with Crippen molar-refractivity contribution >= 4 is 11.6 Å². The fraction of sp³-hybridized carbons (Fsp3) is 0.250. The molecule has 0 aliphatic rings. The summed E-state index contributed by atoms with van der Waals surface area (Å²) in [6.07, 6.45) is 6.82. The van der Waals surface area contributed by atoms with Gasteiger partial charge in [0, 0.05) is 38.6 Å². The summed E-state index contributed by atoms with van der Waals surface area (Å²) in [5, 5.41) is 9.83. The second kappa shape index (κ2) is 5.31. The van der Waals surface area contributed by atoms with Crippen LogP contribution in [-0.4, -0.2) is 27.7 Å². The number of hydrogen-bond donors (Lipinski definition) is 2. The van der Waals surface area contributed by atoms with Crippen LogP contribution in [0.4, 0.5) is 5.69 Å². The number of hydrogen-bond acceptors (Lipinski definition) is 4. The molecule has 6 nitrogen and oxygen atoms in total. The Morgan fingerprint density at radius 2 is 2.28 bits per heavy atom. The van der Waals surface area contributed by atoms with Crippen LogP contribution in [0.3, 0.4) is 0 Å². The number of rotatable bonds is 4. The fourth-order valence-corrected chi connectivity index (χ4v) is 1.63. The van der Waals surface area contributed by atoms with Crippen LogP contribution in [0.15, 0.2) is 30.9 Å². The van der Waals surface area contributed by atoms with E-state index in [4.69, 9.17) is 0 Å². The maximum atomic E-state index is 12.0. The molecule has 2 N–H and O–H groups in total. The van der Waals surface area contributed by atoms with Crippen LogP contribution >= 0.6 is 0 Å². The molecule has 2 aromatic heterocycles. The summed E-state index contributed by atoms with van der Waals surface area (Å²) in [4.78, 5) is 16.0. The van der Waals surface area contributed by atoms with Gasteiger partial charge < -0.3 is 10.6 Å². The second-order valence-electron chi connectivity index (χ2n) is 3.88. The Bertz CT molecular complexity index is 549. The lowest BCUT2D eigenvalue weighted by Gasteiger charge is -2.08. The van der Waals surface area contributed by atoms with Gasteiger partial charge in [-0.3, -0.25) is 14.5 Å². The molecule has 0 saturated carbocycles.